The van der Waals surface area contributed by atoms with E-state index in [1.165, 1.54) is 6.92 Å². The average molecular weight is 574 g/mol. The molecule has 5 aliphatic rings. The van der Waals surface area contributed by atoms with Gasteiger partial charge in [0, 0.05) is 36.3 Å². The molecule has 3 saturated carbocycles. The molecule has 40 heavy (non-hydrogen) atoms. The van der Waals surface area contributed by atoms with Gasteiger partial charge in [-0.3, -0.25) is 19.2 Å². The Hall–Kier alpha value is -2.98. The van der Waals surface area contributed by atoms with Gasteiger partial charge in [-0.25, -0.2) is 8.78 Å². The number of nitrogens with zero attached hydrogens (tertiary/aromatic N) is 2. The largest absolute Gasteiger partial charge is 0.471 e. The second-order valence-corrected chi connectivity index (χ2v) is 13.3. The van der Waals surface area contributed by atoms with E-state index in [1.807, 2.05) is 19.9 Å². The Balaban J connectivity index is 1.35. The van der Waals surface area contributed by atoms with Crippen molar-refractivity contribution in [3.05, 3.63) is 0 Å². The second kappa shape index (κ2) is 8.76. The minimum absolute atomic E-state index is 0.00970. The van der Waals surface area contributed by atoms with Crippen molar-refractivity contribution < 1.29 is 41.1 Å². The van der Waals surface area contributed by atoms with Gasteiger partial charge in [-0.1, -0.05) is 20.8 Å². The van der Waals surface area contributed by atoms with Gasteiger partial charge in [0.1, 0.15) is 18.1 Å². The van der Waals surface area contributed by atoms with Crippen molar-refractivity contribution in [3.63, 3.8) is 0 Å². The number of fused-ring (bicyclic) bond motifs is 1. The summed E-state index contributed by atoms with van der Waals surface area (Å²) in [6.45, 7) is 4.95. The molecule has 3 aliphatic carbocycles. The molecule has 0 aromatic rings. The Kier molecular flexibility index (Phi) is 6.25. The first kappa shape index (κ1) is 28.5. The number of amides is 4. The smallest absolute Gasteiger partial charge is 0.350 e. The van der Waals surface area contributed by atoms with Crippen LogP contribution in [0.2, 0.25) is 0 Å². The predicted octanol–water partition coefficient (Wildman–Crippen LogP) is 2.02. The lowest BCUT2D eigenvalue weighted by molar-refractivity contribution is -0.189. The number of halogens is 5. The van der Waals surface area contributed by atoms with Gasteiger partial charge in [-0.05, 0) is 42.9 Å². The van der Waals surface area contributed by atoms with Crippen LogP contribution in [0.3, 0.4) is 0 Å². The summed E-state index contributed by atoms with van der Waals surface area (Å²) in [6.07, 6.45) is -4.84. The number of rotatable bonds is 7. The lowest BCUT2D eigenvalue weighted by atomic mass is 9.62. The normalized spacial score (nSPS) is 33.1. The molecular weight excluding hydrogens is 541 g/mol. The molecule has 9 nitrogen and oxygen atoms in total. The van der Waals surface area contributed by atoms with E-state index < -0.39 is 72.1 Å². The molecule has 5 fully saturated rings. The Labute approximate surface area is 227 Å². The van der Waals surface area contributed by atoms with Gasteiger partial charge in [0.25, 0.3) is 0 Å². The highest BCUT2D eigenvalue weighted by atomic mass is 19.4. The summed E-state index contributed by atoms with van der Waals surface area (Å²) in [5.41, 5.74) is -2.27. The van der Waals surface area contributed by atoms with E-state index in [4.69, 9.17) is 0 Å². The Morgan fingerprint density at radius 3 is 2.27 bits per heavy atom. The average Bonchev–Trinajstić information content (AvgIpc) is 3.53. The van der Waals surface area contributed by atoms with Gasteiger partial charge >= 0.3 is 12.1 Å². The fourth-order valence-electron chi connectivity index (χ4n) is 7.39. The van der Waals surface area contributed by atoms with Crippen molar-refractivity contribution in [2.75, 3.05) is 6.54 Å². The van der Waals surface area contributed by atoms with Crippen LogP contribution >= 0.6 is 0 Å². The SMILES string of the molecule is CC1([C@H](NC(=O)C(F)(F)F)C(=O)N2C[C@H]3[C@@H]([C@H]2C(=O)N[C@H](C#N)C[C@@H]2CC4(CC4)NC2=O)C3(C)C)CC(F)(F)C1. The molecule has 0 aromatic carbocycles. The van der Waals surface area contributed by atoms with Crippen molar-refractivity contribution in [3.8, 4) is 6.07 Å². The number of nitriles is 1. The minimum atomic E-state index is -5.35. The van der Waals surface area contributed by atoms with Crippen molar-refractivity contribution in [1.29, 1.82) is 5.26 Å². The predicted molar refractivity (Wildman–Crippen MR) is 127 cm³/mol. The number of alkyl halides is 5. The van der Waals surface area contributed by atoms with Gasteiger partial charge < -0.3 is 20.9 Å². The van der Waals surface area contributed by atoms with Crippen LogP contribution in [0.25, 0.3) is 0 Å². The molecule has 0 unspecified atom stereocenters. The molecule has 0 radical (unpaired) electrons. The van der Waals surface area contributed by atoms with Gasteiger partial charge in [0.15, 0.2) is 0 Å². The molecule has 5 rings (SSSR count). The zero-order valence-electron chi connectivity index (χ0n) is 22.3. The van der Waals surface area contributed by atoms with Crippen LogP contribution in [0.5, 0.6) is 0 Å². The summed E-state index contributed by atoms with van der Waals surface area (Å²) >= 11 is 0. The van der Waals surface area contributed by atoms with Crippen LogP contribution in [0.15, 0.2) is 0 Å². The third-order valence-corrected chi connectivity index (χ3v) is 9.80. The monoisotopic (exact) mass is 573 g/mol. The van der Waals surface area contributed by atoms with E-state index >= 15 is 0 Å². The fraction of sp³-hybridized carbons (Fsp3) is 0.808. The molecule has 220 valence electrons. The van der Waals surface area contributed by atoms with Crippen LogP contribution < -0.4 is 16.0 Å². The fourth-order valence-corrected chi connectivity index (χ4v) is 7.39. The molecule has 3 N–H and O–H groups in total. The van der Waals surface area contributed by atoms with Gasteiger partial charge in [0.05, 0.1) is 6.07 Å². The number of hydrogen-bond donors (Lipinski definition) is 3. The molecular formula is C26H32F5N5O4. The Morgan fingerprint density at radius 2 is 1.77 bits per heavy atom. The standard InChI is InChI=1S/C26H32F5N5O4/c1-22(2)14-9-36(20(39)17(34-21(40)26(29,30)31)23(3)10-25(27,28)11-23)16(15(14)22)19(38)33-13(8-32)6-12-7-24(4-5-24)35-18(12)37/h12-17H,4-7,9-11H2,1-3H3,(H,33,38)(H,34,40)(H,35,37)/t12-,13+,14+,15+,16+,17-/m1/s1. The lowest BCUT2D eigenvalue weighted by Gasteiger charge is -2.50. The summed E-state index contributed by atoms with van der Waals surface area (Å²) in [7, 11) is 0. The Bertz CT molecular complexity index is 1180. The highest BCUT2D eigenvalue weighted by Crippen LogP contribution is 2.65. The molecule has 2 aliphatic heterocycles. The highest BCUT2D eigenvalue weighted by molar-refractivity contribution is 5.95. The maximum atomic E-state index is 13.8. The van der Waals surface area contributed by atoms with E-state index in [2.05, 4.69) is 10.6 Å². The number of carbonyl (C=O) groups is 4. The number of carbonyl (C=O) groups excluding carboxylic acids is 4. The molecule has 1 spiro atoms. The van der Waals surface area contributed by atoms with Crippen LogP contribution in [0.4, 0.5) is 22.0 Å². The van der Waals surface area contributed by atoms with E-state index in [9.17, 15) is 46.4 Å². The highest BCUT2D eigenvalue weighted by Gasteiger charge is 2.71. The molecule has 14 heteroatoms. The van der Waals surface area contributed by atoms with Gasteiger partial charge in [-0.2, -0.15) is 18.4 Å². The third-order valence-electron chi connectivity index (χ3n) is 9.80. The third kappa shape index (κ3) is 4.79. The summed E-state index contributed by atoms with van der Waals surface area (Å²) in [6, 6.07) is -2.18. The van der Waals surface area contributed by atoms with Gasteiger partial charge in [0.2, 0.25) is 23.6 Å². The summed E-state index contributed by atoms with van der Waals surface area (Å²) < 4.78 is 67.0. The van der Waals surface area contributed by atoms with Gasteiger partial charge in [-0.15, -0.1) is 0 Å². The molecule has 6 atom stereocenters. The first-order valence-electron chi connectivity index (χ1n) is 13.4. The number of nitrogens with one attached hydrogen (secondary N) is 3. The summed E-state index contributed by atoms with van der Waals surface area (Å²) in [4.78, 5) is 52.5. The van der Waals surface area contributed by atoms with E-state index in [-0.39, 0.29) is 41.7 Å². The second-order valence-electron chi connectivity index (χ2n) is 13.3. The van der Waals surface area contributed by atoms with Crippen molar-refractivity contribution >= 4 is 23.6 Å². The van der Waals surface area contributed by atoms with E-state index in [0.29, 0.717) is 6.42 Å². The maximum Gasteiger partial charge on any atom is 0.471 e. The zero-order chi connectivity index (χ0) is 29.6. The lowest BCUT2D eigenvalue weighted by Crippen LogP contribution is -2.66. The van der Waals surface area contributed by atoms with E-state index in [1.54, 1.807) is 5.32 Å². The van der Waals surface area contributed by atoms with E-state index in [0.717, 1.165) is 17.7 Å². The van der Waals surface area contributed by atoms with Crippen LogP contribution in [0, 0.1) is 39.9 Å². The number of piperidine rings is 1. The van der Waals surface area contributed by atoms with Crippen LogP contribution in [-0.4, -0.2) is 70.8 Å². The van der Waals surface area contributed by atoms with Crippen LogP contribution in [0.1, 0.15) is 59.3 Å². The molecule has 2 heterocycles. The van der Waals surface area contributed by atoms with Crippen LogP contribution in [-0.2, 0) is 19.2 Å². The molecule has 0 bridgehead atoms. The number of hydrogen-bond acceptors (Lipinski definition) is 5. The molecule has 4 amide bonds. The van der Waals surface area contributed by atoms with Crippen molar-refractivity contribution in [2.24, 2.45) is 28.6 Å². The minimum Gasteiger partial charge on any atom is -0.350 e. The first-order chi connectivity index (χ1) is 18.3. The zero-order valence-corrected chi connectivity index (χ0v) is 22.3. The molecule has 2 saturated heterocycles. The summed E-state index contributed by atoms with van der Waals surface area (Å²) in [5.74, 6) is -8.61. The maximum absolute atomic E-state index is 13.8. The topological polar surface area (TPSA) is 131 Å². The number of likely N-dealkylation sites (tertiary alicyclic amines) is 1. The van der Waals surface area contributed by atoms with Crippen molar-refractivity contribution in [2.45, 2.75) is 95.1 Å². The summed E-state index contributed by atoms with van der Waals surface area (Å²) in [5, 5.41) is 16.9. The first-order valence-corrected chi connectivity index (χ1v) is 13.4. The Morgan fingerprint density at radius 1 is 1.15 bits per heavy atom. The quantitative estimate of drug-likeness (QED) is 0.401. The van der Waals surface area contributed by atoms with Crippen molar-refractivity contribution in [1.82, 2.24) is 20.9 Å². The molecule has 0 aromatic heterocycles.